The molecule has 1 aromatic carbocycles. The van der Waals surface area contributed by atoms with Gasteiger partial charge in [-0.25, -0.2) is 0 Å². The summed E-state index contributed by atoms with van der Waals surface area (Å²) >= 11 is 1.66. The van der Waals surface area contributed by atoms with E-state index < -0.39 is 27.4 Å². The highest BCUT2D eigenvalue weighted by Crippen LogP contribution is 2.71. The van der Waals surface area contributed by atoms with Gasteiger partial charge >= 0.3 is 5.97 Å². The molecule has 2 amide bonds. The number of esters is 1. The number of carbonyl (C=O) groups is 3. The van der Waals surface area contributed by atoms with Gasteiger partial charge in [-0.1, -0.05) is 42.5 Å². The normalized spacial score (nSPS) is 28.8. The minimum absolute atomic E-state index is 0.0272. The Morgan fingerprint density at radius 3 is 2.62 bits per heavy atom. The summed E-state index contributed by atoms with van der Waals surface area (Å²) in [5.74, 6) is -1.72. The Hall–Kier alpha value is -2.58. The smallest absolute Gasteiger partial charge is 0.311 e. The third-order valence-corrected chi connectivity index (χ3v) is 10.5. The summed E-state index contributed by atoms with van der Waals surface area (Å²) in [5.41, 5.74) is 1.01. The van der Waals surface area contributed by atoms with Crippen LogP contribution in [-0.4, -0.2) is 74.5 Å². The lowest BCUT2D eigenvalue weighted by Crippen LogP contribution is -2.54. The lowest BCUT2D eigenvalue weighted by atomic mass is 9.66. The third kappa shape index (κ3) is 5.68. The van der Waals surface area contributed by atoms with Gasteiger partial charge in [0.2, 0.25) is 11.8 Å². The standard InChI is InChI=1S/C31H42N2O5S/c1-4-6-7-13-21-38-29(37)25-24-27(35)33(19-11-12-20-34)26(31(24)17-16-30(25,3)39-31)28(36)32(18-5-2)22-23-14-9-8-10-15-23/h4-5,8-10,14-15,24-26,34H,1-2,6-7,11-13,16-22H2,3H3/t24-,25+,26?,30-,31?/m0/s1. The van der Waals surface area contributed by atoms with Gasteiger partial charge in [0.15, 0.2) is 0 Å². The lowest BCUT2D eigenvalue weighted by molar-refractivity contribution is -0.155. The predicted molar refractivity (Wildman–Crippen MR) is 154 cm³/mol. The van der Waals surface area contributed by atoms with E-state index in [4.69, 9.17) is 4.74 Å². The predicted octanol–water partition coefficient (Wildman–Crippen LogP) is 4.35. The topological polar surface area (TPSA) is 87.1 Å². The average molecular weight is 555 g/mol. The largest absolute Gasteiger partial charge is 0.465 e. The van der Waals surface area contributed by atoms with E-state index in [-0.39, 0.29) is 24.4 Å². The molecule has 39 heavy (non-hydrogen) atoms. The maximum atomic E-state index is 14.4. The molecule has 0 radical (unpaired) electrons. The quantitative estimate of drug-likeness (QED) is 0.197. The number of fused-ring (bicyclic) bond motifs is 1. The SMILES string of the molecule is C=CCCCCOC(=O)[C@H]1[C@H]2C(=O)N(CCCCO)C(C(=O)N(CC=C)Cc3ccccc3)C23CC[C@]1(C)S3. The molecule has 8 heteroatoms. The molecule has 0 aliphatic carbocycles. The molecule has 1 aromatic rings. The van der Waals surface area contributed by atoms with E-state index in [0.717, 1.165) is 31.2 Å². The number of amides is 2. The number of unbranched alkanes of at least 4 members (excludes halogenated alkanes) is 3. The van der Waals surface area contributed by atoms with Crippen molar-refractivity contribution in [1.82, 2.24) is 9.80 Å². The van der Waals surface area contributed by atoms with E-state index >= 15 is 0 Å². The number of ether oxygens (including phenoxy) is 1. The summed E-state index contributed by atoms with van der Waals surface area (Å²) in [7, 11) is 0. The molecule has 7 nitrogen and oxygen atoms in total. The number of hydrogen-bond acceptors (Lipinski definition) is 6. The van der Waals surface area contributed by atoms with Gasteiger partial charge in [0.1, 0.15) is 6.04 Å². The van der Waals surface area contributed by atoms with E-state index in [2.05, 4.69) is 20.1 Å². The highest BCUT2D eigenvalue weighted by molar-refractivity contribution is 8.02. The van der Waals surface area contributed by atoms with Gasteiger partial charge < -0.3 is 19.6 Å². The van der Waals surface area contributed by atoms with Crippen molar-refractivity contribution in [1.29, 1.82) is 0 Å². The number of rotatable bonds is 15. The average Bonchev–Trinajstić information content (AvgIpc) is 3.49. The summed E-state index contributed by atoms with van der Waals surface area (Å²) < 4.78 is 4.62. The van der Waals surface area contributed by atoms with Crippen LogP contribution in [0.15, 0.2) is 55.6 Å². The fourth-order valence-corrected chi connectivity index (χ4v) is 9.05. The summed E-state index contributed by atoms with van der Waals surface area (Å²) in [4.78, 5) is 45.5. The second kappa shape index (κ2) is 12.7. The molecule has 2 bridgehead atoms. The first-order valence-electron chi connectivity index (χ1n) is 14.2. The molecule has 1 spiro atoms. The van der Waals surface area contributed by atoms with Crippen molar-refractivity contribution in [3.63, 3.8) is 0 Å². The number of allylic oxidation sites excluding steroid dienone is 1. The van der Waals surface area contributed by atoms with Gasteiger partial charge in [-0.15, -0.1) is 24.9 Å². The molecule has 0 aromatic heterocycles. The van der Waals surface area contributed by atoms with Crippen LogP contribution in [0.25, 0.3) is 0 Å². The van der Waals surface area contributed by atoms with Crippen LogP contribution in [0.2, 0.25) is 0 Å². The van der Waals surface area contributed by atoms with Crippen LogP contribution in [0, 0.1) is 11.8 Å². The molecular weight excluding hydrogens is 512 g/mol. The molecule has 3 aliphatic rings. The van der Waals surface area contributed by atoms with Gasteiger partial charge in [-0.2, -0.15) is 0 Å². The van der Waals surface area contributed by atoms with Crippen molar-refractivity contribution >= 4 is 29.5 Å². The molecule has 3 aliphatic heterocycles. The fourth-order valence-electron chi connectivity index (χ4n) is 6.72. The molecule has 0 saturated carbocycles. The minimum Gasteiger partial charge on any atom is -0.465 e. The zero-order chi connectivity index (χ0) is 28.0. The number of hydrogen-bond donors (Lipinski definition) is 1. The second-order valence-corrected chi connectivity index (χ2v) is 13.0. The minimum atomic E-state index is -0.676. The molecule has 5 atom stereocenters. The van der Waals surface area contributed by atoms with E-state index in [0.29, 0.717) is 45.5 Å². The summed E-state index contributed by atoms with van der Waals surface area (Å²) in [6, 6.07) is 9.14. The van der Waals surface area contributed by atoms with Crippen molar-refractivity contribution < 1.29 is 24.2 Å². The molecule has 212 valence electrons. The summed E-state index contributed by atoms with van der Waals surface area (Å²) in [6.07, 6.45) is 8.69. The van der Waals surface area contributed by atoms with E-state index in [9.17, 15) is 19.5 Å². The first-order valence-corrected chi connectivity index (χ1v) is 15.0. The Bertz CT molecular complexity index is 1060. The van der Waals surface area contributed by atoms with Crippen molar-refractivity contribution in [3.05, 3.63) is 61.2 Å². The number of likely N-dealkylation sites (tertiary alicyclic amines) is 1. The summed E-state index contributed by atoms with van der Waals surface area (Å²) in [5, 5.41) is 9.39. The van der Waals surface area contributed by atoms with Crippen molar-refractivity contribution in [2.45, 2.75) is 74.0 Å². The number of aliphatic hydroxyl groups is 1. The Labute approximate surface area is 236 Å². The van der Waals surface area contributed by atoms with Crippen LogP contribution in [0.4, 0.5) is 0 Å². The van der Waals surface area contributed by atoms with Crippen LogP contribution in [0.1, 0.15) is 57.4 Å². The van der Waals surface area contributed by atoms with Gasteiger partial charge in [-0.05, 0) is 57.4 Å². The Morgan fingerprint density at radius 1 is 1.15 bits per heavy atom. The maximum Gasteiger partial charge on any atom is 0.311 e. The summed E-state index contributed by atoms with van der Waals surface area (Å²) in [6.45, 7) is 11.2. The first-order chi connectivity index (χ1) is 18.8. The number of benzene rings is 1. The molecule has 3 saturated heterocycles. The van der Waals surface area contributed by atoms with Gasteiger partial charge in [0.25, 0.3) is 0 Å². The van der Waals surface area contributed by atoms with Gasteiger partial charge in [-0.3, -0.25) is 14.4 Å². The van der Waals surface area contributed by atoms with Crippen LogP contribution >= 0.6 is 11.8 Å². The number of nitrogens with zero attached hydrogens (tertiary/aromatic N) is 2. The van der Waals surface area contributed by atoms with Crippen molar-refractivity contribution in [3.8, 4) is 0 Å². The fraction of sp³-hybridized carbons (Fsp3) is 0.581. The van der Waals surface area contributed by atoms with Gasteiger partial charge in [0, 0.05) is 31.0 Å². The van der Waals surface area contributed by atoms with Crippen molar-refractivity contribution in [2.24, 2.45) is 11.8 Å². The van der Waals surface area contributed by atoms with Gasteiger partial charge in [0.05, 0.1) is 23.2 Å². The molecule has 3 fully saturated rings. The first kappa shape index (κ1) is 29.4. The highest BCUT2D eigenvalue weighted by atomic mass is 32.2. The van der Waals surface area contributed by atoms with Crippen LogP contribution in [0.5, 0.6) is 0 Å². The van der Waals surface area contributed by atoms with E-state index in [1.54, 1.807) is 27.6 Å². The third-order valence-electron chi connectivity index (χ3n) is 8.50. The van der Waals surface area contributed by atoms with E-state index in [1.807, 2.05) is 36.4 Å². The monoisotopic (exact) mass is 554 g/mol. The number of aliphatic hydroxyl groups excluding tert-OH is 1. The molecule has 2 unspecified atom stereocenters. The van der Waals surface area contributed by atoms with E-state index in [1.165, 1.54) is 0 Å². The zero-order valence-corrected chi connectivity index (χ0v) is 23.9. The zero-order valence-electron chi connectivity index (χ0n) is 23.1. The van der Waals surface area contributed by atoms with Crippen LogP contribution in [-0.2, 0) is 25.7 Å². The lowest BCUT2D eigenvalue weighted by Gasteiger charge is -2.37. The second-order valence-electron chi connectivity index (χ2n) is 11.1. The number of carbonyl (C=O) groups excluding carboxylic acids is 3. The van der Waals surface area contributed by atoms with Crippen molar-refractivity contribution in [2.75, 3.05) is 26.3 Å². The number of thioether (sulfide) groups is 1. The van der Waals surface area contributed by atoms with Crippen LogP contribution < -0.4 is 0 Å². The molecule has 1 N–H and O–H groups in total. The maximum absolute atomic E-state index is 14.4. The molecule has 4 rings (SSSR count). The van der Waals surface area contributed by atoms with Crippen LogP contribution in [0.3, 0.4) is 0 Å². The molecule has 3 heterocycles. The Kier molecular flexibility index (Phi) is 9.60. The molecular formula is C31H42N2O5S. The highest BCUT2D eigenvalue weighted by Gasteiger charge is 2.77. The Balaban J connectivity index is 1.64. The Morgan fingerprint density at radius 2 is 1.92 bits per heavy atom.